The Morgan fingerprint density at radius 2 is 2.10 bits per heavy atom. The van der Waals surface area contributed by atoms with Gasteiger partial charge in [0.15, 0.2) is 0 Å². The van der Waals surface area contributed by atoms with Crippen LogP contribution in [0.3, 0.4) is 0 Å². The number of amides is 2. The van der Waals surface area contributed by atoms with Gasteiger partial charge >= 0.3 is 0 Å². The van der Waals surface area contributed by atoms with E-state index in [4.69, 9.17) is 0 Å². The van der Waals surface area contributed by atoms with Crippen molar-refractivity contribution in [2.75, 3.05) is 13.1 Å². The first kappa shape index (κ1) is 14.6. The summed E-state index contributed by atoms with van der Waals surface area (Å²) in [5.41, 5.74) is 1.21. The van der Waals surface area contributed by atoms with Crippen molar-refractivity contribution in [1.29, 1.82) is 0 Å². The lowest BCUT2D eigenvalue weighted by Gasteiger charge is -2.25. The third-order valence-corrected chi connectivity index (χ3v) is 3.73. The van der Waals surface area contributed by atoms with Crippen molar-refractivity contribution < 1.29 is 9.59 Å². The van der Waals surface area contributed by atoms with E-state index in [9.17, 15) is 9.59 Å². The maximum atomic E-state index is 12.2. The van der Waals surface area contributed by atoms with Gasteiger partial charge in [-0.3, -0.25) is 9.59 Å². The van der Waals surface area contributed by atoms with E-state index in [1.165, 1.54) is 5.56 Å². The second-order valence-corrected chi connectivity index (χ2v) is 5.14. The van der Waals surface area contributed by atoms with Crippen LogP contribution in [0.4, 0.5) is 0 Å². The summed E-state index contributed by atoms with van der Waals surface area (Å²) < 4.78 is 0. The van der Waals surface area contributed by atoms with Crippen LogP contribution in [0.1, 0.15) is 31.7 Å². The molecule has 1 aliphatic rings. The normalized spacial score (nSPS) is 16.2. The van der Waals surface area contributed by atoms with Gasteiger partial charge in [-0.2, -0.15) is 0 Å². The lowest BCUT2D eigenvalue weighted by Crippen LogP contribution is -2.47. The summed E-state index contributed by atoms with van der Waals surface area (Å²) in [6.07, 6.45) is 2.93. The minimum atomic E-state index is -0.305. The third kappa shape index (κ3) is 3.59. The van der Waals surface area contributed by atoms with Crippen molar-refractivity contribution >= 4 is 11.8 Å². The second-order valence-electron chi connectivity index (χ2n) is 5.14. The van der Waals surface area contributed by atoms with Gasteiger partial charge < -0.3 is 10.2 Å². The van der Waals surface area contributed by atoms with E-state index in [0.29, 0.717) is 25.9 Å². The Labute approximate surface area is 120 Å². The van der Waals surface area contributed by atoms with Gasteiger partial charge in [0.05, 0.1) is 0 Å². The van der Waals surface area contributed by atoms with Crippen LogP contribution < -0.4 is 5.32 Å². The molecule has 0 radical (unpaired) electrons. The molecular weight excluding hydrogens is 252 g/mol. The molecule has 20 heavy (non-hydrogen) atoms. The minimum absolute atomic E-state index is 0.0290. The fraction of sp³-hybridized carbons (Fsp3) is 0.500. The van der Waals surface area contributed by atoms with Crippen molar-refractivity contribution in [3.8, 4) is 0 Å². The van der Waals surface area contributed by atoms with E-state index in [1.807, 2.05) is 37.3 Å². The highest BCUT2D eigenvalue weighted by Gasteiger charge is 2.31. The summed E-state index contributed by atoms with van der Waals surface area (Å²) in [6.45, 7) is 3.28. The van der Waals surface area contributed by atoms with E-state index in [2.05, 4.69) is 5.32 Å². The molecule has 1 saturated heterocycles. The molecule has 0 unspecified atom stereocenters. The molecule has 1 aromatic carbocycles. The van der Waals surface area contributed by atoms with Gasteiger partial charge in [-0.15, -0.1) is 0 Å². The highest BCUT2D eigenvalue weighted by atomic mass is 16.2. The van der Waals surface area contributed by atoms with Gasteiger partial charge in [-0.25, -0.2) is 0 Å². The zero-order chi connectivity index (χ0) is 14.4. The maximum Gasteiger partial charge on any atom is 0.242 e. The third-order valence-electron chi connectivity index (χ3n) is 3.73. The SMILES string of the molecule is CC[C@@H](C(=O)NCCc1ccccc1)N1CCCC1=O. The van der Waals surface area contributed by atoms with Crippen molar-refractivity contribution in [1.82, 2.24) is 10.2 Å². The molecule has 2 rings (SSSR count). The Balaban J connectivity index is 1.82. The van der Waals surface area contributed by atoms with Crippen molar-refractivity contribution in [3.05, 3.63) is 35.9 Å². The van der Waals surface area contributed by atoms with Crippen LogP contribution >= 0.6 is 0 Å². The first-order valence-corrected chi connectivity index (χ1v) is 7.33. The highest BCUT2D eigenvalue weighted by molar-refractivity contribution is 5.88. The monoisotopic (exact) mass is 274 g/mol. The molecule has 2 amide bonds. The minimum Gasteiger partial charge on any atom is -0.354 e. The fourth-order valence-corrected chi connectivity index (χ4v) is 2.64. The summed E-state index contributed by atoms with van der Waals surface area (Å²) in [6, 6.07) is 9.76. The summed E-state index contributed by atoms with van der Waals surface area (Å²) in [4.78, 5) is 25.6. The summed E-state index contributed by atoms with van der Waals surface area (Å²) >= 11 is 0. The zero-order valence-electron chi connectivity index (χ0n) is 12.0. The van der Waals surface area contributed by atoms with Gasteiger partial charge in [0.1, 0.15) is 6.04 Å². The number of carbonyl (C=O) groups is 2. The number of nitrogens with one attached hydrogen (secondary N) is 1. The molecule has 1 aromatic rings. The maximum absolute atomic E-state index is 12.2. The lowest BCUT2D eigenvalue weighted by atomic mass is 10.1. The average Bonchev–Trinajstić information content (AvgIpc) is 2.87. The van der Waals surface area contributed by atoms with Crippen molar-refractivity contribution in [2.45, 2.75) is 38.6 Å². The van der Waals surface area contributed by atoms with Crippen LogP contribution in [0.2, 0.25) is 0 Å². The molecule has 1 heterocycles. The Morgan fingerprint density at radius 1 is 1.35 bits per heavy atom. The first-order chi connectivity index (χ1) is 9.72. The molecule has 0 spiro atoms. The molecule has 1 fully saturated rings. The predicted octanol–water partition coefficient (Wildman–Crippen LogP) is 1.75. The number of nitrogens with zero attached hydrogens (tertiary/aromatic N) is 1. The molecule has 0 saturated carbocycles. The van der Waals surface area contributed by atoms with E-state index in [-0.39, 0.29) is 17.9 Å². The molecule has 1 aliphatic heterocycles. The molecule has 108 valence electrons. The van der Waals surface area contributed by atoms with E-state index in [0.717, 1.165) is 12.8 Å². The molecule has 0 bridgehead atoms. The van der Waals surface area contributed by atoms with Crippen LogP contribution in [0.15, 0.2) is 30.3 Å². The van der Waals surface area contributed by atoms with Gasteiger partial charge in [0.2, 0.25) is 11.8 Å². The van der Waals surface area contributed by atoms with E-state index >= 15 is 0 Å². The summed E-state index contributed by atoms with van der Waals surface area (Å²) in [5.74, 6) is 0.0775. The number of carbonyl (C=O) groups excluding carboxylic acids is 2. The summed E-state index contributed by atoms with van der Waals surface area (Å²) in [5, 5.41) is 2.95. The highest BCUT2D eigenvalue weighted by Crippen LogP contribution is 2.15. The average molecular weight is 274 g/mol. The van der Waals surface area contributed by atoms with Gasteiger partial charge in [-0.05, 0) is 24.8 Å². The topological polar surface area (TPSA) is 49.4 Å². The number of likely N-dealkylation sites (tertiary alicyclic amines) is 1. The standard InChI is InChI=1S/C16H22N2O2/c1-2-14(18-12-6-9-15(18)19)16(20)17-11-10-13-7-4-3-5-8-13/h3-5,7-8,14H,2,6,9-12H2,1H3,(H,17,20)/t14-/m0/s1. The fourth-order valence-electron chi connectivity index (χ4n) is 2.64. The van der Waals surface area contributed by atoms with Crippen LogP contribution in [-0.2, 0) is 16.0 Å². The largest absolute Gasteiger partial charge is 0.354 e. The van der Waals surface area contributed by atoms with Crippen molar-refractivity contribution in [2.24, 2.45) is 0 Å². The van der Waals surface area contributed by atoms with Crippen LogP contribution in [0, 0.1) is 0 Å². The smallest absolute Gasteiger partial charge is 0.242 e. The van der Waals surface area contributed by atoms with Crippen LogP contribution in [-0.4, -0.2) is 35.8 Å². The zero-order valence-corrected chi connectivity index (χ0v) is 12.0. The number of hydrogen-bond acceptors (Lipinski definition) is 2. The summed E-state index contributed by atoms with van der Waals surface area (Å²) in [7, 11) is 0. The molecule has 0 aliphatic carbocycles. The second kappa shape index (κ2) is 7.08. The van der Waals surface area contributed by atoms with Crippen LogP contribution in [0.5, 0.6) is 0 Å². The van der Waals surface area contributed by atoms with Gasteiger partial charge in [0.25, 0.3) is 0 Å². The molecule has 1 N–H and O–H groups in total. The first-order valence-electron chi connectivity index (χ1n) is 7.33. The van der Waals surface area contributed by atoms with Gasteiger partial charge in [-0.1, -0.05) is 37.3 Å². The number of benzene rings is 1. The Kier molecular flexibility index (Phi) is 5.16. The predicted molar refractivity (Wildman–Crippen MR) is 78.2 cm³/mol. The van der Waals surface area contributed by atoms with Gasteiger partial charge in [0, 0.05) is 19.5 Å². The molecule has 4 nitrogen and oxygen atoms in total. The molecular formula is C16H22N2O2. The quantitative estimate of drug-likeness (QED) is 0.859. The Hall–Kier alpha value is -1.84. The lowest BCUT2D eigenvalue weighted by molar-refractivity contribution is -0.137. The number of rotatable bonds is 6. The van der Waals surface area contributed by atoms with E-state index in [1.54, 1.807) is 4.90 Å². The Morgan fingerprint density at radius 3 is 2.70 bits per heavy atom. The molecule has 0 aromatic heterocycles. The molecule has 4 heteroatoms. The Bertz CT molecular complexity index is 459. The van der Waals surface area contributed by atoms with Crippen LogP contribution in [0.25, 0.3) is 0 Å². The number of hydrogen-bond donors (Lipinski definition) is 1. The molecule has 1 atom stereocenters. The van der Waals surface area contributed by atoms with Crippen molar-refractivity contribution in [3.63, 3.8) is 0 Å². The van der Waals surface area contributed by atoms with E-state index < -0.39 is 0 Å².